The Morgan fingerprint density at radius 1 is 0.900 bits per heavy atom. The van der Waals surface area contributed by atoms with Gasteiger partial charge in [0.25, 0.3) is 5.91 Å². The van der Waals surface area contributed by atoms with Gasteiger partial charge in [-0.2, -0.15) is 0 Å². The van der Waals surface area contributed by atoms with Crippen molar-refractivity contribution in [1.82, 2.24) is 9.80 Å². The molecule has 1 aliphatic heterocycles. The molecule has 0 aliphatic carbocycles. The van der Waals surface area contributed by atoms with Crippen LogP contribution in [0.4, 0.5) is 20.6 Å². The number of nitrogens with one attached hydrogen (secondary N) is 2. The number of carbonyl (C=O) groups is 3. The van der Waals surface area contributed by atoms with Crippen LogP contribution in [0.3, 0.4) is 0 Å². The van der Waals surface area contributed by atoms with Crippen molar-refractivity contribution in [3.63, 3.8) is 0 Å². The molecule has 158 valence electrons. The summed E-state index contributed by atoms with van der Waals surface area (Å²) in [5.74, 6) is -0.742. The molecule has 0 spiro atoms. The fourth-order valence-electron chi connectivity index (χ4n) is 3.33. The fourth-order valence-corrected chi connectivity index (χ4v) is 3.33. The Labute approximate surface area is 174 Å². The van der Waals surface area contributed by atoms with Gasteiger partial charge in [0.15, 0.2) is 0 Å². The maximum Gasteiger partial charge on any atom is 0.321 e. The third kappa shape index (κ3) is 5.34. The number of amides is 4. The highest BCUT2D eigenvalue weighted by Crippen LogP contribution is 2.21. The SMILES string of the molecule is CC(=O)Nc1ccc(C)c(NC(=O)N2CCCN(C(=O)c3ccc(F)cc3)CC2)c1. The molecule has 1 heterocycles. The molecule has 1 fully saturated rings. The molecule has 8 heteroatoms. The molecule has 0 unspecified atom stereocenters. The van der Waals surface area contributed by atoms with Gasteiger partial charge in [-0.25, -0.2) is 9.18 Å². The van der Waals surface area contributed by atoms with E-state index in [4.69, 9.17) is 0 Å². The van der Waals surface area contributed by atoms with Crippen LogP contribution in [0.25, 0.3) is 0 Å². The van der Waals surface area contributed by atoms with Gasteiger partial charge in [0, 0.05) is 50.0 Å². The van der Waals surface area contributed by atoms with E-state index in [0.717, 1.165) is 5.56 Å². The van der Waals surface area contributed by atoms with Crippen molar-refractivity contribution in [1.29, 1.82) is 0 Å². The van der Waals surface area contributed by atoms with Crippen LogP contribution in [-0.4, -0.2) is 53.8 Å². The Balaban J connectivity index is 1.62. The number of nitrogens with zero attached hydrogens (tertiary/aromatic N) is 2. The molecule has 2 N–H and O–H groups in total. The van der Waals surface area contributed by atoms with Gasteiger partial charge in [-0.1, -0.05) is 6.07 Å². The Morgan fingerprint density at radius 2 is 1.57 bits per heavy atom. The van der Waals surface area contributed by atoms with Crippen molar-refractivity contribution < 1.29 is 18.8 Å². The Kier molecular flexibility index (Phi) is 6.66. The van der Waals surface area contributed by atoms with Gasteiger partial charge < -0.3 is 20.4 Å². The number of anilines is 2. The van der Waals surface area contributed by atoms with E-state index in [-0.39, 0.29) is 23.7 Å². The lowest BCUT2D eigenvalue weighted by Gasteiger charge is -2.23. The van der Waals surface area contributed by atoms with Crippen LogP contribution in [-0.2, 0) is 4.79 Å². The minimum atomic E-state index is -0.386. The average Bonchev–Trinajstić information content (AvgIpc) is 2.96. The van der Waals surface area contributed by atoms with Crippen LogP contribution >= 0.6 is 0 Å². The molecule has 0 saturated carbocycles. The molecule has 7 nitrogen and oxygen atoms in total. The summed E-state index contributed by atoms with van der Waals surface area (Å²) < 4.78 is 13.1. The van der Waals surface area contributed by atoms with E-state index < -0.39 is 0 Å². The van der Waals surface area contributed by atoms with E-state index in [1.54, 1.807) is 21.9 Å². The average molecular weight is 412 g/mol. The highest BCUT2D eigenvalue weighted by atomic mass is 19.1. The maximum absolute atomic E-state index is 13.1. The second-order valence-corrected chi connectivity index (χ2v) is 7.28. The van der Waals surface area contributed by atoms with E-state index in [0.29, 0.717) is 49.5 Å². The van der Waals surface area contributed by atoms with E-state index >= 15 is 0 Å². The molecular formula is C22H25FN4O3. The zero-order valence-corrected chi connectivity index (χ0v) is 17.1. The van der Waals surface area contributed by atoms with Crippen LogP contribution in [0, 0.1) is 12.7 Å². The summed E-state index contributed by atoms with van der Waals surface area (Å²) in [5.41, 5.74) is 2.53. The van der Waals surface area contributed by atoms with Crippen LogP contribution in [0.2, 0.25) is 0 Å². The number of carbonyl (C=O) groups excluding carboxylic acids is 3. The Hall–Kier alpha value is -3.42. The lowest BCUT2D eigenvalue weighted by Crippen LogP contribution is -2.39. The topological polar surface area (TPSA) is 81.8 Å². The van der Waals surface area contributed by atoms with E-state index in [2.05, 4.69) is 10.6 Å². The standard InChI is InChI=1S/C22H25FN4O3/c1-15-4-9-19(24-16(2)28)14-20(15)25-22(30)27-11-3-10-26(12-13-27)21(29)17-5-7-18(23)8-6-17/h4-9,14H,3,10-13H2,1-2H3,(H,24,28)(H,25,30). The first kappa shape index (κ1) is 21.3. The zero-order valence-electron chi connectivity index (χ0n) is 17.1. The lowest BCUT2D eigenvalue weighted by atomic mass is 10.2. The maximum atomic E-state index is 13.1. The molecule has 1 saturated heterocycles. The predicted molar refractivity (Wildman–Crippen MR) is 113 cm³/mol. The van der Waals surface area contributed by atoms with Gasteiger partial charge in [0.1, 0.15) is 5.82 Å². The largest absolute Gasteiger partial charge is 0.337 e. The van der Waals surface area contributed by atoms with Gasteiger partial charge in [0.2, 0.25) is 5.91 Å². The number of halogens is 1. The van der Waals surface area contributed by atoms with E-state index in [1.165, 1.54) is 31.2 Å². The van der Waals surface area contributed by atoms with Crippen LogP contribution in [0.15, 0.2) is 42.5 Å². The summed E-state index contributed by atoms with van der Waals surface area (Å²) in [6.45, 7) is 5.13. The van der Waals surface area contributed by atoms with Crippen molar-refractivity contribution in [2.45, 2.75) is 20.3 Å². The normalized spacial score (nSPS) is 14.1. The molecule has 4 amide bonds. The summed E-state index contributed by atoms with van der Waals surface area (Å²) in [4.78, 5) is 40.0. The first-order valence-electron chi connectivity index (χ1n) is 9.82. The molecule has 0 radical (unpaired) electrons. The molecular weight excluding hydrogens is 387 g/mol. The van der Waals surface area contributed by atoms with Gasteiger partial charge in [-0.15, -0.1) is 0 Å². The summed E-state index contributed by atoms with van der Waals surface area (Å²) in [6, 6.07) is 10.5. The molecule has 0 aromatic heterocycles. The molecule has 0 bridgehead atoms. The van der Waals surface area contributed by atoms with Crippen molar-refractivity contribution in [3.8, 4) is 0 Å². The highest BCUT2D eigenvalue weighted by molar-refractivity contribution is 5.95. The van der Waals surface area contributed by atoms with Crippen LogP contribution in [0.5, 0.6) is 0 Å². The second kappa shape index (κ2) is 9.39. The monoisotopic (exact) mass is 412 g/mol. The number of urea groups is 1. The predicted octanol–water partition coefficient (Wildman–Crippen LogP) is 3.47. The van der Waals surface area contributed by atoms with Gasteiger partial charge in [-0.3, -0.25) is 9.59 Å². The highest BCUT2D eigenvalue weighted by Gasteiger charge is 2.23. The zero-order chi connectivity index (χ0) is 21.7. The van der Waals surface area contributed by atoms with Crippen molar-refractivity contribution in [2.24, 2.45) is 0 Å². The van der Waals surface area contributed by atoms with E-state index in [1.807, 2.05) is 13.0 Å². The smallest absolute Gasteiger partial charge is 0.321 e. The lowest BCUT2D eigenvalue weighted by molar-refractivity contribution is -0.114. The summed E-state index contributed by atoms with van der Waals surface area (Å²) in [5, 5.41) is 5.59. The minimum absolute atomic E-state index is 0.170. The van der Waals surface area contributed by atoms with Gasteiger partial charge >= 0.3 is 6.03 Å². The van der Waals surface area contributed by atoms with Crippen molar-refractivity contribution >= 4 is 29.2 Å². The first-order chi connectivity index (χ1) is 14.3. The van der Waals surface area contributed by atoms with Crippen molar-refractivity contribution in [2.75, 3.05) is 36.8 Å². The molecule has 30 heavy (non-hydrogen) atoms. The molecule has 3 rings (SSSR count). The minimum Gasteiger partial charge on any atom is -0.337 e. The summed E-state index contributed by atoms with van der Waals surface area (Å²) >= 11 is 0. The van der Waals surface area contributed by atoms with Gasteiger partial charge in [-0.05, 0) is 55.3 Å². The summed E-state index contributed by atoms with van der Waals surface area (Å²) in [6.07, 6.45) is 0.644. The van der Waals surface area contributed by atoms with Crippen LogP contribution in [0.1, 0.15) is 29.3 Å². The fraction of sp³-hybridized carbons (Fsp3) is 0.318. The first-order valence-corrected chi connectivity index (χ1v) is 9.82. The molecule has 2 aromatic rings. The van der Waals surface area contributed by atoms with Crippen LogP contribution < -0.4 is 10.6 Å². The third-order valence-corrected chi connectivity index (χ3v) is 4.96. The molecule has 0 atom stereocenters. The number of rotatable bonds is 3. The van der Waals surface area contributed by atoms with Gasteiger partial charge in [0.05, 0.1) is 0 Å². The van der Waals surface area contributed by atoms with Crippen molar-refractivity contribution in [3.05, 3.63) is 59.4 Å². The number of hydrogen-bond acceptors (Lipinski definition) is 3. The quantitative estimate of drug-likeness (QED) is 0.810. The number of aryl methyl sites for hydroxylation is 1. The number of benzene rings is 2. The van der Waals surface area contributed by atoms with E-state index in [9.17, 15) is 18.8 Å². The molecule has 2 aromatic carbocycles. The molecule has 1 aliphatic rings. The number of hydrogen-bond donors (Lipinski definition) is 2. The second-order valence-electron chi connectivity index (χ2n) is 7.28. The Morgan fingerprint density at radius 3 is 2.27 bits per heavy atom. The Bertz CT molecular complexity index is 946. The third-order valence-electron chi connectivity index (χ3n) is 4.96. The summed E-state index contributed by atoms with van der Waals surface area (Å²) in [7, 11) is 0.